The van der Waals surface area contributed by atoms with Gasteiger partial charge in [0.1, 0.15) is 0 Å². The van der Waals surface area contributed by atoms with Gasteiger partial charge in [0.25, 0.3) is 0 Å². The smallest absolute Gasteiger partial charge is 0.328 e. The molecule has 0 saturated carbocycles. The fourth-order valence-electron chi connectivity index (χ4n) is 0.997. The van der Waals surface area contributed by atoms with E-state index in [0.29, 0.717) is 6.55 Å². The van der Waals surface area contributed by atoms with Crippen LogP contribution in [0, 0.1) is 0 Å². The van der Waals surface area contributed by atoms with Gasteiger partial charge in [0.2, 0.25) is 6.17 Å². The van der Waals surface area contributed by atoms with Gasteiger partial charge in [-0.15, -0.1) is 0 Å². The van der Waals surface area contributed by atoms with Crippen LogP contribution in [0.4, 0.5) is 26.1 Å². The first-order valence-corrected chi connectivity index (χ1v) is 5.74. The van der Waals surface area contributed by atoms with Crippen molar-refractivity contribution >= 4 is 8.65 Å². The fraction of sp³-hybridized carbons (Fsp3) is 1.00. The van der Waals surface area contributed by atoms with Crippen molar-refractivity contribution in [2.45, 2.75) is 30.8 Å². The summed E-state index contributed by atoms with van der Waals surface area (Å²) < 4.78 is 78.1. The molecule has 13 heavy (non-hydrogen) atoms. The maximum absolute atomic E-state index is 12.8. The number of hydrogen-bond donors (Lipinski definition) is 0. The topological polar surface area (TPSA) is 9.23 Å². The molecular weight excluding hydrogens is 218 g/mol. The van der Waals surface area contributed by atoms with Crippen LogP contribution in [-0.4, -0.2) is 32.9 Å². The normalized spacial score (nSPS) is 50.5. The van der Waals surface area contributed by atoms with Crippen LogP contribution in [0.2, 0.25) is 6.55 Å². The Morgan fingerprint density at radius 1 is 1.23 bits per heavy atom. The monoisotopic (exact) mass is 224 g/mol. The van der Waals surface area contributed by atoms with Gasteiger partial charge < -0.3 is 4.43 Å². The number of rotatable bonds is 0. The Morgan fingerprint density at radius 2 is 1.69 bits per heavy atom. The van der Waals surface area contributed by atoms with E-state index in [-0.39, 0.29) is 0 Å². The second-order valence-corrected chi connectivity index (χ2v) is 5.63. The van der Waals surface area contributed by atoms with Crippen molar-refractivity contribution in [1.82, 2.24) is 0 Å². The Morgan fingerprint density at radius 3 is 2.15 bits per heavy atom. The molecule has 0 radical (unpaired) electrons. The number of alkyl halides is 5. The molecule has 1 aliphatic heterocycles. The number of halogens is 6. The lowest BCUT2D eigenvalue weighted by Crippen LogP contribution is -2.63. The molecule has 1 heterocycles. The minimum atomic E-state index is -4.97. The van der Waals surface area contributed by atoms with Crippen LogP contribution < -0.4 is 0 Å². The first kappa shape index (κ1) is 10.8. The molecule has 1 rings (SSSR count). The molecule has 0 aromatic rings. The van der Waals surface area contributed by atoms with Gasteiger partial charge in [-0.1, -0.05) is 0 Å². The lowest BCUT2D eigenvalue weighted by Gasteiger charge is -2.37. The van der Waals surface area contributed by atoms with E-state index in [1.165, 1.54) is 0 Å². The number of hydrogen-bond acceptors (Lipinski definition) is 1. The third-order valence-corrected chi connectivity index (χ3v) is 3.68. The van der Waals surface area contributed by atoms with Crippen LogP contribution >= 0.6 is 0 Å². The van der Waals surface area contributed by atoms with Gasteiger partial charge in [-0.3, -0.25) is 4.11 Å². The lowest BCUT2D eigenvalue weighted by molar-refractivity contribution is -0.262. The summed E-state index contributed by atoms with van der Waals surface area (Å²) in [5.74, 6) is -2.91. The first-order valence-electron chi connectivity index (χ1n) is 3.37. The zero-order chi connectivity index (χ0) is 10.4. The molecule has 1 fully saturated rings. The summed E-state index contributed by atoms with van der Waals surface area (Å²) in [7, 11) is -4.97. The van der Waals surface area contributed by atoms with Crippen LogP contribution in [0.3, 0.4) is 0 Å². The molecule has 1 aliphatic rings. The molecule has 4 unspecified atom stereocenters. The van der Waals surface area contributed by atoms with E-state index < -0.39 is 32.9 Å². The van der Waals surface area contributed by atoms with Gasteiger partial charge in [0.05, 0.1) is 0 Å². The van der Waals surface area contributed by atoms with E-state index in [1.54, 1.807) is 0 Å². The second-order valence-electron chi connectivity index (χ2n) is 2.90. The summed E-state index contributed by atoms with van der Waals surface area (Å²) in [5.41, 5.74) is 0. The van der Waals surface area contributed by atoms with Gasteiger partial charge in [-0.25, -0.2) is 13.2 Å². The van der Waals surface area contributed by atoms with Crippen LogP contribution in [0.25, 0.3) is 0 Å². The van der Waals surface area contributed by atoms with E-state index in [4.69, 9.17) is 0 Å². The van der Waals surface area contributed by atoms with Crippen LogP contribution in [-0.2, 0) is 4.43 Å². The quantitative estimate of drug-likeness (QED) is 0.348. The minimum absolute atomic E-state index is 0.421. The molecule has 0 aromatic heterocycles. The fourth-order valence-corrected chi connectivity index (χ4v) is 2.49. The van der Waals surface area contributed by atoms with Crippen molar-refractivity contribution < 1.29 is 30.5 Å². The maximum Gasteiger partial charge on any atom is 0.422 e. The Kier molecular flexibility index (Phi) is 2.40. The highest BCUT2D eigenvalue weighted by molar-refractivity contribution is 6.67. The van der Waals surface area contributed by atoms with Crippen molar-refractivity contribution in [2.75, 3.05) is 0 Å². The maximum atomic E-state index is 12.8. The molecule has 78 valence electrons. The van der Waals surface area contributed by atoms with Crippen molar-refractivity contribution in [3.8, 4) is 0 Å². The third-order valence-electron chi connectivity index (χ3n) is 1.71. The first-order chi connectivity index (χ1) is 5.68. The average molecular weight is 224 g/mol. The largest absolute Gasteiger partial charge is 0.422 e. The van der Waals surface area contributed by atoms with Gasteiger partial charge in [0.15, 0.2) is 12.0 Å². The zero-order valence-corrected chi connectivity index (χ0v) is 7.41. The SMILES string of the molecule is C[Si]1(F)OC(F)(F)C(F)C(F)C1F. The van der Waals surface area contributed by atoms with Gasteiger partial charge in [0, 0.05) is 0 Å². The predicted octanol–water partition coefficient (Wildman–Crippen LogP) is 2.20. The van der Waals surface area contributed by atoms with E-state index in [1.807, 2.05) is 0 Å². The second kappa shape index (κ2) is 2.87. The summed E-state index contributed by atoms with van der Waals surface area (Å²) in [5, 5.41) is 0. The van der Waals surface area contributed by atoms with Crippen LogP contribution in [0.5, 0.6) is 0 Å². The van der Waals surface area contributed by atoms with Crippen molar-refractivity contribution in [1.29, 1.82) is 0 Å². The molecule has 0 bridgehead atoms. The molecule has 0 amide bonds. The zero-order valence-electron chi connectivity index (χ0n) is 6.41. The molecule has 1 saturated heterocycles. The van der Waals surface area contributed by atoms with Crippen molar-refractivity contribution in [3.63, 3.8) is 0 Å². The van der Waals surface area contributed by atoms with Gasteiger partial charge >= 0.3 is 14.8 Å². The van der Waals surface area contributed by atoms with Gasteiger partial charge in [-0.05, 0) is 6.55 Å². The molecule has 0 aromatic carbocycles. The summed E-state index contributed by atoms with van der Waals surface area (Å²) in [6.07, 6.45) is -11.2. The Hall–Kier alpha value is -0.243. The molecular formula is C5H6F6OSi. The summed E-state index contributed by atoms with van der Waals surface area (Å²) >= 11 is 0. The highest BCUT2D eigenvalue weighted by Crippen LogP contribution is 2.40. The predicted molar refractivity (Wildman–Crippen MR) is 33.4 cm³/mol. The molecule has 4 atom stereocenters. The van der Waals surface area contributed by atoms with Crippen LogP contribution in [0.1, 0.15) is 0 Å². The standard InChI is InChI=1S/C5H6F6OSi/c1-13(11)4(8)2(6)3(7)5(9,10)12-13/h2-4H,1H3. The van der Waals surface area contributed by atoms with E-state index >= 15 is 0 Å². The summed E-state index contributed by atoms with van der Waals surface area (Å²) in [4.78, 5) is 0. The molecule has 0 aliphatic carbocycles. The molecule has 1 nitrogen and oxygen atoms in total. The Balaban J connectivity index is 2.93. The van der Waals surface area contributed by atoms with Gasteiger partial charge in [-0.2, -0.15) is 8.78 Å². The van der Waals surface area contributed by atoms with E-state index in [0.717, 1.165) is 0 Å². The molecule has 8 heteroatoms. The van der Waals surface area contributed by atoms with Crippen LogP contribution in [0.15, 0.2) is 0 Å². The Bertz CT molecular complexity index is 189. The van der Waals surface area contributed by atoms with Crippen molar-refractivity contribution in [3.05, 3.63) is 0 Å². The highest BCUT2D eigenvalue weighted by atomic mass is 28.4. The highest BCUT2D eigenvalue weighted by Gasteiger charge is 2.66. The van der Waals surface area contributed by atoms with E-state index in [2.05, 4.69) is 4.43 Å². The third kappa shape index (κ3) is 1.69. The minimum Gasteiger partial charge on any atom is -0.328 e. The Labute approximate surface area is 71.0 Å². The van der Waals surface area contributed by atoms with Crippen molar-refractivity contribution in [2.24, 2.45) is 0 Å². The lowest BCUT2D eigenvalue weighted by atomic mass is 10.2. The molecule has 0 N–H and O–H groups in total. The summed E-state index contributed by atoms with van der Waals surface area (Å²) in [6, 6.07) is 0. The average Bonchev–Trinajstić information content (AvgIpc) is 1.96. The summed E-state index contributed by atoms with van der Waals surface area (Å²) in [6.45, 7) is 0.421. The van der Waals surface area contributed by atoms with E-state index in [9.17, 15) is 26.1 Å². The molecule has 0 spiro atoms.